The first-order chi connectivity index (χ1) is 7.50. The summed E-state index contributed by atoms with van der Waals surface area (Å²) in [6.07, 6.45) is 1.50. The first kappa shape index (κ1) is 13.0. The van der Waals surface area contributed by atoms with E-state index in [0.717, 1.165) is 6.42 Å². The van der Waals surface area contributed by atoms with Gasteiger partial charge < -0.3 is 9.64 Å². The van der Waals surface area contributed by atoms with Crippen LogP contribution in [0.1, 0.15) is 33.6 Å². The van der Waals surface area contributed by atoms with E-state index in [2.05, 4.69) is 6.07 Å². The summed E-state index contributed by atoms with van der Waals surface area (Å²) < 4.78 is 5.54. The molecular formula is C12H20N2O2. The van der Waals surface area contributed by atoms with E-state index in [9.17, 15) is 4.79 Å². The van der Waals surface area contributed by atoms with Crippen LogP contribution in [-0.4, -0.2) is 36.1 Å². The lowest BCUT2D eigenvalue weighted by Gasteiger charge is -2.38. The maximum absolute atomic E-state index is 12.1. The molecule has 1 aliphatic heterocycles. The minimum Gasteiger partial charge on any atom is -0.372 e. The van der Waals surface area contributed by atoms with Crippen molar-refractivity contribution < 1.29 is 9.53 Å². The second kappa shape index (κ2) is 5.31. The molecule has 0 bridgehead atoms. The minimum atomic E-state index is -0.487. The number of amides is 1. The second-order valence-electron chi connectivity index (χ2n) is 4.84. The lowest BCUT2D eigenvalue weighted by Crippen LogP contribution is -2.52. The average Bonchev–Trinajstić information content (AvgIpc) is 2.23. The number of nitrogens with zero attached hydrogens (tertiary/aromatic N) is 2. The summed E-state index contributed by atoms with van der Waals surface area (Å²) in [6.45, 7) is 7.66. The van der Waals surface area contributed by atoms with Crippen LogP contribution in [0.25, 0.3) is 0 Å². The van der Waals surface area contributed by atoms with Gasteiger partial charge in [0.2, 0.25) is 5.91 Å². The Morgan fingerprint density at radius 2 is 2.31 bits per heavy atom. The van der Waals surface area contributed by atoms with E-state index in [1.54, 1.807) is 4.90 Å². The molecule has 0 aromatic heterocycles. The van der Waals surface area contributed by atoms with Gasteiger partial charge in [0.1, 0.15) is 5.92 Å². The van der Waals surface area contributed by atoms with Crippen molar-refractivity contribution in [2.24, 2.45) is 5.92 Å². The molecule has 1 atom stereocenters. The highest BCUT2D eigenvalue weighted by atomic mass is 16.5. The van der Waals surface area contributed by atoms with Crippen LogP contribution in [0.2, 0.25) is 0 Å². The zero-order valence-electron chi connectivity index (χ0n) is 10.3. The van der Waals surface area contributed by atoms with Crippen LogP contribution in [-0.2, 0) is 9.53 Å². The smallest absolute Gasteiger partial charge is 0.240 e. The van der Waals surface area contributed by atoms with Gasteiger partial charge in [0, 0.05) is 13.1 Å². The molecule has 1 aliphatic rings. The highest BCUT2D eigenvalue weighted by Crippen LogP contribution is 2.19. The molecule has 0 radical (unpaired) electrons. The Balaban J connectivity index is 2.63. The molecule has 1 amide bonds. The predicted molar refractivity (Wildman–Crippen MR) is 60.6 cm³/mol. The number of carbonyl (C=O) groups is 1. The fraction of sp³-hybridized carbons (Fsp3) is 0.833. The summed E-state index contributed by atoms with van der Waals surface area (Å²) in [6, 6.07) is 2.10. The Kier molecular flexibility index (Phi) is 4.31. The van der Waals surface area contributed by atoms with Crippen molar-refractivity contribution in [2.75, 3.05) is 19.7 Å². The zero-order valence-corrected chi connectivity index (χ0v) is 10.3. The third-order valence-corrected chi connectivity index (χ3v) is 2.77. The number of carbonyl (C=O) groups excluding carboxylic acids is 1. The van der Waals surface area contributed by atoms with Crippen LogP contribution in [0.5, 0.6) is 0 Å². The molecule has 0 aromatic carbocycles. The molecule has 1 saturated heterocycles. The van der Waals surface area contributed by atoms with E-state index in [4.69, 9.17) is 10.00 Å². The van der Waals surface area contributed by atoms with Crippen molar-refractivity contribution in [3.05, 3.63) is 0 Å². The Bertz CT molecular complexity index is 294. The van der Waals surface area contributed by atoms with Gasteiger partial charge in [0.15, 0.2) is 0 Å². The van der Waals surface area contributed by atoms with Crippen molar-refractivity contribution in [3.8, 4) is 6.07 Å². The normalized spacial score (nSPS) is 21.2. The fourth-order valence-corrected chi connectivity index (χ4v) is 1.96. The van der Waals surface area contributed by atoms with Crippen molar-refractivity contribution in [2.45, 2.75) is 39.2 Å². The summed E-state index contributed by atoms with van der Waals surface area (Å²) in [4.78, 5) is 13.8. The van der Waals surface area contributed by atoms with E-state index in [0.29, 0.717) is 26.1 Å². The number of nitriles is 1. The van der Waals surface area contributed by atoms with Crippen LogP contribution in [0.15, 0.2) is 0 Å². The van der Waals surface area contributed by atoms with Gasteiger partial charge in [-0.25, -0.2) is 0 Å². The summed E-state index contributed by atoms with van der Waals surface area (Å²) >= 11 is 0. The summed E-state index contributed by atoms with van der Waals surface area (Å²) in [5.74, 6) is -0.528. The predicted octanol–water partition coefficient (Wildman–Crippen LogP) is 1.56. The molecule has 16 heavy (non-hydrogen) atoms. The Hall–Kier alpha value is -1.08. The summed E-state index contributed by atoms with van der Waals surface area (Å²) in [5.41, 5.74) is -0.292. The summed E-state index contributed by atoms with van der Waals surface area (Å²) in [5, 5.41) is 8.96. The molecule has 0 saturated carbocycles. The van der Waals surface area contributed by atoms with Gasteiger partial charge in [0.25, 0.3) is 0 Å². The van der Waals surface area contributed by atoms with E-state index < -0.39 is 5.92 Å². The van der Waals surface area contributed by atoms with Gasteiger partial charge in [-0.1, -0.05) is 13.3 Å². The standard InChI is InChI=1S/C12H20N2O2/c1-4-5-10(8-13)11(15)14-6-7-16-12(2,3)9-14/h10H,4-7,9H2,1-3H3. The topological polar surface area (TPSA) is 53.3 Å². The molecule has 0 aromatic rings. The van der Waals surface area contributed by atoms with Crippen molar-refractivity contribution >= 4 is 5.91 Å². The van der Waals surface area contributed by atoms with Gasteiger partial charge in [0.05, 0.1) is 18.3 Å². The monoisotopic (exact) mass is 224 g/mol. The zero-order chi connectivity index (χ0) is 12.2. The van der Waals surface area contributed by atoms with Crippen LogP contribution < -0.4 is 0 Å². The molecule has 1 heterocycles. The first-order valence-corrected chi connectivity index (χ1v) is 5.82. The third kappa shape index (κ3) is 3.21. The molecular weight excluding hydrogens is 204 g/mol. The third-order valence-electron chi connectivity index (χ3n) is 2.77. The maximum atomic E-state index is 12.1. The fourth-order valence-electron chi connectivity index (χ4n) is 1.96. The number of morpholine rings is 1. The maximum Gasteiger partial charge on any atom is 0.240 e. The Labute approximate surface area is 97.2 Å². The molecule has 4 nitrogen and oxygen atoms in total. The number of rotatable bonds is 3. The van der Waals surface area contributed by atoms with E-state index in [-0.39, 0.29) is 11.5 Å². The highest BCUT2D eigenvalue weighted by molar-refractivity contribution is 5.81. The molecule has 90 valence electrons. The van der Waals surface area contributed by atoms with Crippen molar-refractivity contribution in [1.82, 2.24) is 4.90 Å². The average molecular weight is 224 g/mol. The van der Waals surface area contributed by atoms with Gasteiger partial charge in [-0.2, -0.15) is 5.26 Å². The van der Waals surface area contributed by atoms with Crippen LogP contribution in [0.4, 0.5) is 0 Å². The largest absolute Gasteiger partial charge is 0.372 e. The van der Waals surface area contributed by atoms with Gasteiger partial charge in [-0.15, -0.1) is 0 Å². The second-order valence-corrected chi connectivity index (χ2v) is 4.84. The molecule has 0 N–H and O–H groups in total. The highest BCUT2D eigenvalue weighted by Gasteiger charge is 2.32. The minimum absolute atomic E-state index is 0.0410. The first-order valence-electron chi connectivity index (χ1n) is 5.82. The lowest BCUT2D eigenvalue weighted by molar-refractivity contribution is -0.148. The quantitative estimate of drug-likeness (QED) is 0.731. The molecule has 0 spiro atoms. The van der Waals surface area contributed by atoms with Crippen molar-refractivity contribution in [3.63, 3.8) is 0 Å². The van der Waals surface area contributed by atoms with Crippen molar-refractivity contribution in [1.29, 1.82) is 5.26 Å². The number of hydrogen-bond donors (Lipinski definition) is 0. The Morgan fingerprint density at radius 1 is 1.62 bits per heavy atom. The number of ether oxygens (including phenoxy) is 1. The van der Waals surface area contributed by atoms with Gasteiger partial charge >= 0.3 is 0 Å². The molecule has 1 unspecified atom stereocenters. The molecule has 4 heteroatoms. The van der Waals surface area contributed by atoms with Crippen LogP contribution in [0, 0.1) is 17.2 Å². The van der Waals surface area contributed by atoms with Crippen LogP contribution in [0.3, 0.4) is 0 Å². The molecule has 1 fully saturated rings. The molecule has 1 rings (SSSR count). The summed E-state index contributed by atoms with van der Waals surface area (Å²) in [7, 11) is 0. The number of hydrogen-bond acceptors (Lipinski definition) is 3. The molecule has 0 aliphatic carbocycles. The van der Waals surface area contributed by atoms with E-state index in [1.165, 1.54) is 0 Å². The van der Waals surface area contributed by atoms with Gasteiger partial charge in [-0.3, -0.25) is 4.79 Å². The lowest BCUT2D eigenvalue weighted by atomic mass is 10.0. The van der Waals surface area contributed by atoms with E-state index in [1.807, 2.05) is 20.8 Å². The van der Waals surface area contributed by atoms with E-state index >= 15 is 0 Å². The van der Waals surface area contributed by atoms with Crippen LogP contribution >= 0.6 is 0 Å². The SMILES string of the molecule is CCCC(C#N)C(=O)N1CCOC(C)(C)C1. The van der Waals surface area contributed by atoms with Gasteiger partial charge in [-0.05, 0) is 20.3 Å². The Morgan fingerprint density at radius 3 is 2.81 bits per heavy atom.